The molecule has 0 fully saturated rings. The van der Waals surface area contributed by atoms with Gasteiger partial charge in [0.1, 0.15) is 0 Å². The van der Waals surface area contributed by atoms with Gasteiger partial charge in [0, 0.05) is 55.8 Å². The van der Waals surface area contributed by atoms with Crippen LogP contribution in [-0.2, 0) is 35.5 Å². The summed E-state index contributed by atoms with van der Waals surface area (Å²) in [5.74, 6) is 0. The standard InChI is InChI=1S/C21H19F3N4O2S/c1-31(29,30)20-26-11-16-13-28(9-8-19(16)27-20)12-14-2-7-18(25-10-14)15-3-5-17(6-4-15)21(22,23)24/h2-7,10-11H,8-9,12-13H2,1H3. The number of rotatable bonds is 4. The minimum atomic E-state index is -4.36. The van der Waals surface area contributed by atoms with E-state index in [1.807, 2.05) is 6.07 Å². The fourth-order valence-corrected chi connectivity index (χ4v) is 3.97. The normalized spacial score (nSPS) is 15.0. The third kappa shape index (κ3) is 4.91. The summed E-state index contributed by atoms with van der Waals surface area (Å²) < 4.78 is 61.4. The molecule has 0 aliphatic carbocycles. The number of aromatic nitrogens is 3. The Morgan fingerprint density at radius 1 is 1.03 bits per heavy atom. The van der Waals surface area contributed by atoms with E-state index < -0.39 is 21.6 Å². The van der Waals surface area contributed by atoms with Crippen LogP contribution in [0, 0.1) is 0 Å². The van der Waals surface area contributed by atoms with Crippen LogP contribution in [-0.4, -0.2) is 41.1 Å². The number of sulfone groups is 1. The molecule has 0 spiro atoms. The molecule has 31 heavy (non-hydrogen) atoms. The van der Waals surface area contributed by atoms with Crippen molar-refractivity contribution in [1.29, 1.82) is 0 Å². The number of hydrogen-bond donors (Lipinski definition) is 0. The Kier molecular flexibility index (Phi) is 5.52. The summed E-state index contributed by atoms with van der Waals surface area (Å²) in [4.78, 5) is 14.7. The predicted octanol–water partition coefficient (Wildman–Crippen LogP) is 3.52. The number of alkyl halides is 3. The van der Waals surface area contributed by atoms with Gasteiger partial charge < -0.3 is 0 Å². The third-order valence-electron chi connectivity index (χ3n) is 5.06. The van der Waals surface area contributed by atoms with E-state index in [4.69, 9.17) is 0 Å². The van der Waals surface area contributed by atoms with E-state index in [0.29, 0.717) is 37.3 Å². The van der Waals surface area contributed by atoms with Gasteiger partial charge in [0.2, 0.25) is 15.0 Å². The van der Waals surface area contributed by atoms with Gasteiger partial charge in [-0.1, -0.05) is 18.2 Å². The van der Waals surface area contributed by atoms with Crippen LogP contribution >= 0.6 is 0 Å². The average Bonchev–Trinajstić information content (AvgIpc) is 2.73. The van der Waals surface area contributed by atoms with Crippen LogP contribution < -0.4 is 0 Å². The molecular weight excluding hydrogens is 429 g/mol. The van der Waals surface area contributed by atoms with E-state index in [9.17, 15) is 21.6 Å². The first-order valence-corrected chi connectivity index (χ1v) is 11.4. The molecule has 1 aromatic carbocycles. The maximum atomic E-state index is 12.7. The second-order valence-corrected chi connectivity index (χ2v) is 9.39. The number of hydrogen-bond acceptors (Lipinski definition) is 6. The molecule has 162 valence electrons. The topological polar surface area (TPSA) is 76.1 Å². The number of benzene rings is 1. The Hall–Kier alpha value is -2.85. The number of fused-ring (bicyclic) bond motifs is 1. The van der Waals surface area contributed by atoms with Crippen LogP contribution in [0.4, 0.5) is 13.2 Å². The summed E-state index contributed by atoms with van der Waals surface area (Å²) in [6, 6.07) is 8.62. The Morgan fingerprint density at radius 3 is 2.39 bits per heavy atom. The zero-order valence-electron chi connectivity index (χ0n) is 16.6. The van der Waals surface area contributed by atoms with Gasteiger partial charge in [0.15, 0.2) is 0 Å². The third-order valence-corrected chi connectivity index (χ3v) is 5.92. The lowest BCUT2D eigenvalue weighted by molar-refractivity contribution is -0.137. The molecule has 0 N–H and O–H groups in total. The quantitative estimate of drug-likeness (QED) is 0.569. The SMILES string of the molecule is CS(=O)(=O)c1ncc2c(n1)CCN(Cc1ccc(-c3ccc(C(F)(F)F)cc3)nc1)C2. The summed E-state index contributed by atoms with van der Waals surface area (Å²) in [7, 11) is -3.43. The van der Waals surface area contributed by atoms with Crippen molar-refractivity contribution < 1.29 is 21.6 Å². The zero-order chi connectivity index (χ0) is 22.2. The highest BCUT2D eigenvalue weighted by Crippen LogP contribution is 2.30. The minimum Gasteiger partial charge on any atom is -0.294 e. The van der Waals surface area contributed by atoms with E-state index >= 15 is 0 Å². The highest BCUT2D eigenvalue weighted by Gasteiger charge is 2.30. The van der Waals surface area contributed by atoms with E-state index in [-0.39, 0.29) is 5.16 Å². The van der Waals surface area contributed by atoms with Gasteiger partial charge in [-0.05, 0) is 23.8 Å². The molecule has 0 radical (unpaired) electrons. The minimum absolute atomic E-state index is 0.150. The Labute approximate surface area is 177 Å². The van der Waals surface area contributed by atoms with Crippen molar-refractivity contribution in [3.05, 3.63) is 71.2 Å². The van der Waals surface area contributed by atoms with Crippen molar-refractivity contribution in [2.45, 2.75) is 30.8 Å². The van der Waals surface area contributed by atoms with Gasteiger partial charge in [-0.3, -0.25) is 9.88 Å². The highest BCUT2D eigenvalue weighted by molar-refractivity contribution is 7.90. The molecule has 0 amide bonds. The van der Waals surface area contributed by atoms with Crippen LogP contribution in [0.3, 0.4) is 0 Å². The van der Waals surface area contributed by atoms with E-state index in [0.717, 1.165) is 35.2 Å². The fraction of sp³-hybridized carbons (Fsp3) is 0.286. The number of pyridine rings is 1. The molecule has 4 rings (SSSR count). The zero-order valence-corrected chi connectivity index (χ0v) is 17.4. The van der Waals surface area contributed by atoms with Gasteiger partial charge in [-0.25, -0.2) is 18.4 Å². The van der Waals surface area contributed by atoms with Crippen LogP contribution in [0.15, 0.2) is 53.9 Å². The summed E-state index contributed by atoms with van der Waals surface area (Å²) in [5.41, 5.74) is 3.14. The van der Waals surface area contributed by atoms with Gasteiger partial charge in [0.25, 0.3) is 0 Å². The van der Waals surface area contributed by atoms with E-state index in [1.54, 1.807) is 18.5 Å². The van der Waals surface area contributed by atoms with Gasteiger partial charge in [-0.15, -0.1) is 0 Å². The van der Waals surface area contributed by atoms with Crippen LogP contribution in [0.5, 0.6) is 0 Å². The fourth-order valence-electron chi connectivity index (χ4n) is 3.45. The second kappa shape index (κ2) is 8.01. The van der Waals surface area contributed by atoms with E-state index in [2.05, 4.69) is 19.9 Å². The Morgan fingerprint density at radius 2 is 1.77 bits per heavy atom. The molecule has 10 heteroatoms. The molecule has 0 bridgehead atoms. The molecule has 2 aromatic heterocycles. The van der Waals surface area contributed by atoms with Crippen LogP contribution in [0.2, 0.25) is 0 Å². The van der Waals surface area contributed by atoms with Crippen molar-refractivity contribution in [2.75, 3.05) is 12.8 Å². The summed E-state index contributed by atoms with van der Waals surface area (Å²) >= 11 is 0. The van der Waals surface area contributed by atoms with E-state index in [1.165, 1.54) is 12.1 Å². The lowest BCUT2D eigenvalue weighted by Crippen LogP contribution is -2.31. The highest BCUT2D eigenvalue weighted by atomic mass is 32.2. The van der Waals surface area contributed by atoms with Gasteiger partial charge in [-0.2, -0.15) is 13.2 Å². The van der Waals surface area contributed by atoms with Crippen LogP contribution in [0.1, 0.15) is 22.4 Å². The van der Waals surface area contributed by atoms with Crippen molar-refractivity contribution >= 4 is 9.84 Å². The smallest absolute Gasteiger partial charge is 0.294 e. The Bertz CT molecular complexity index is 1190. The maximum absolute atomic E-state index is 12.7. The number of halogens is 3. The molecule has 3 aromatic rings. The van der Waals surface area contributed by atoms with Gasteiger partial charge >= 0.3 is 6.18 Å². The Balaban J connectivity index is 1.43. The first-order chi connectivity index (χ1) is 14.6. The second-order valence-electron chi connectivity index (χ2n) is 7.48. The average molecular weight is 448 g/mol. The van der Waals surface area contributed by atoms with Crippen molar-refractivity contribution in [3.63, 3.8) is 0 Å². The first kappa shape index (κ1) is 21.4. The molecule has 1 aliphatic rings. The molecule has 0 saturated carbocycles. The first-order valence-electron chi connectivity index (χ1n) is 9.49. The lowest BCUT2D eigenvalue weighted by Gasteiger charge is -2.27. The molecule has 1 aliphatic heterocycles. The summed E-state index contributed by atoms with van der Waals surface area (Å²) in [6.45, 7) is 1.95. The number of nitrogens with zero attached hydrogens (tertiary/aromatic N) is 4. The van der Waals surface area contributed by atoms with Crippen molar-refractivity contribution in [1.82, 2.24) is 19.9 Å². The molecular formula is C21H19F3N4O2S. The van der Waals surface area contributed by atoms with Crippen molar-refractivity contribution in [3.8, 4) is 11.3 Å². The molecule has 0 saturated heterocycles. The largest absolute Gasteiger partial charge is 0.416 e. The molecule has 0 unspecified atom stereocenters. The monoisotopic (exact) mass is 448 g/mol. The summed E-state index contributed by atoms with van der Waals surface area (Å²) in [6.07, 6.45) is 0.630. The molecule has 6 nitrogen and oxygen atoms in total. The molecule has 0 atom stereocenters. The molecule has 3 heterocycles. The lowest BCUT2D eigenvalue weighted by atomic mass is 10.1. The van der Waals surface area contributed by atoms with Crippen LogP contribution in [0.25, 0.3) is 11.3 Å². The summed E-state index contributed by atoms with van der Waals surface area (Å²) in [5, 5.41) is -0.150. The van der Waals surface area contributed by atoms with Gasteiger partial charge in [0.05, 0.1) is 17.0 Å². The predicted molar refractivity (Wildman–Crippen MR) is 108 cm³/mol. The van der Waals surface area contributed by atoms with Crippen molar-refractivity contribution in [2.24, 2.45) is 0 Å². The maximum Gasteiger partial charge on any atom is 0.416 e.